The highest BCUT2D eigenvalue weighted by molar-refractivity contribution is 5.95. The lowest BCUT2D eigenvalue weighted by atomic mass is 9.89. The van der Waals surface area contributed by atoms with Crippen LogP contribution in [0.1, 0.15) is 45.8 Å². The molecule has 1 fully saturated rings. The predicted octanol–water partition coefficient (Wildman–Crippen LogP) is 5.53. The average Bonchev–Trinajstić information content (AvgIpc) is 3.33. The molecular formula is C30H30N4O5. The Kier molecular flexibility index (Phi) is 7.06. The van der Waals surface area contributed by atoms with Crippen LogP contribution in [0.25, 0.3) is 10.9 Å². The Labute approximate surface area is 225 Å². The van der Waals surface area contributed by atoms with E-state index in [1.165, 1.54) is 17.7 Å². The zero-order valence-electron chi connectivity index (χ0n) is 21.9. The number of non-ortho nitro benzene ring substituents is 1. The number of fused-ring (bicyclic) bond motifs is 1. The number of aromatic nitrogens is 1. The maximum absolute atomic E-state index is 13.0. The van der Waals surface area contributed by atoms with Crippen LogP contribution in [0.2, 0.25) is 0 Å². The minimum Gasteiger partial charge on any atom is -0.507 e. The van der Waals surface area contributed by atoms with Crippen LogP contribution in [-0.4, -0.2) is 44.4 Å². The molecule has 39 heavy (non-hydrogen) atoms. The molecule has 1 saturated heterocycles. The third kappa shape index (κ3) is 5.47. The third-order valence-corrected chi connectivity index (χ3v) is 7.47. The number of hydrogen-bond acceptors (Lipinski definition) is 5. The summed E-state index contributed by atoms with van der Waals surface area (Å²) in [6.45, 7) is 4.95. The summed E-state index contributed by atoms with van der Waals surface area (Å²) in [4.78, 5) is 38.2. The number of benzene rings is 3. The second-order valence-electron chi connectivity index (χ2n) is 10.1. The zero-order chi connectivity index (χ0) is 27.7. The van der Waals surface area contributed by atoms with E-state index in [9.17, 15) is 24.8 Å². The van der Waals surface area contributed by atoms with E-state index in [2.05, 4.69) is 5.32 Å². The predicted molar refractivity (Wildman–Crippen MR) is 149 cm³/mol. The summed E-state index contributed by atoms with van der Waals surface area (Å²) >= 11 is 0. The van der Waals surface area contributed by atoms with Crippen molar-refractivity contribution >= 4 is 34.1 Å². The summed E-state index contributed by atoms with van der Waals surface area (Å²) in [6, 6.07) is 17.7. The number of aryl methyl sites for hydroxylation is 2. The molecule has 4 aromatic rings. The average molecular weight is 527 g/mol. The summed E-state index contributed by atoms with van der Waals surface area (Å²) < 4.78 is 1.70. The maximum Gasteiger partial charge on any atom is 0.271 e. The van der Waals surface area contributed by atoms with Crippen molar-refractivity contribution in [1.29, 1.82) is 0 Å². The van der Waals surface area contributed by atoms with Crippen molar-refractivity contribution < 1.29 is 19.6 Å². The number of amides is 2. The standard InChI is InChI=1S/C30H30N4O5/c1-19-15-24(16-20(2)29(19)36)30(37)32-12-9-22(10-13-32)21-3-6-25(7-4-21)31-28(35)18-33-14-11-23-5-8-26(34(38)39)17-27(23)33/h3-8,11,14-17,22,36H,9-10,12-13,18H2,1-2H3,(H,31,35). The van der Waals surface area contributed by atoms with Crippen LogP contribution >= 0.6 is 0 Å². The van der Waals surface area contributed by atoms with Crippen molar-refractivity contribution in [3.63, 3.8) is 0 Å². The van der Waals surface area contributed by atoms with Crippen molar-refractivity contribution in [3.8, 4) is 5.75 Å². The molecule has 0 atom stereocenters. The quantitative estimate of drug-likeness (QED) is 0.253. The Morgan fingerprint density at radius 3 is 2.31 bits per heavy atom. The first-order chi connectivity index (χ1) is 18.7. The fraction of sp³-hybridized carbons (Fsp3) is 0.267. The molecule has 9 heteroatoms. The molecule has 1 aliphatic heterocycles. The Morgan fingerprint density at radius 2 is 1.67 bits per heavy atom. The molecule has 1 aromatic heterocycles. The van der Waals surface area contributed by atoms with Crippen molar-refractivity contribution in [1.82, 2.24) is 9.47 Å². The summed E-state index contributed by atoms with van der Waals surface area (Å²) in [5, 5.41) is 24.8. The lowest BCUT2D eigenvalue weighted by molar-refractivity contribution is -0.384. The molecule has 9 nitrogen and oxygen atoms in total. The number of nitro benzene ring substituents is 1. The second kappa shape index (κ2) is 10.6. The van der Waals surface area contributed by atoms with Gasteiger partial charge in [-0.2, -0.15) is 0 Å². The molecule has 0 spiro atoms. The Balaban J connectivity index is 1.17. The molecule has 5 rings (SSSR count). The molecule has 0 bridgehead atoms. The fourth-order valence-corrected chi connectivity index (χ4v) is 5.30. The number of anilines is 1. The number of nitrogens with one attached hydrogen (secondary N) is 1. The monoisotopic (exact) mass is 526 g/mol. The van der Waals surface area contributed by atoms with Crippen LogP contribution in [0.5, 0.6) is 5.75 Å². The van der Waals surface area contributed by atoms with Gasteiger partial charge < -0.3 is 19.9 Å². The number of piperidine rings is 1. The van der Waals surface area contributed by atoms with Gasteiger partial charge >= 0.3 is 0 Å². The molecule has 200 valence electrons. The van der Waals surface area contributed by atoms with Gasteiger partial charge in [0.05, 0.1) is 10.4 Å². The molecule has 3 aromatic carbocycles. The van der Waals surface area contributed by atoms with Crippen LogP contribution < -0.4 is 5.32 Å². The molecular weight excluding hydrogens is 496 g/mol. The number of phenols is 1. The minimum atomic E-state index is -0.447. The summed E-state index contributed by atoms with van der Waals surface area (Å²) in [5.41, 5.74) is 4.47. The molecule has 0 aliphatic carbocycles. The number of hydrogen-bond donors (Lipinski definition) is 2. The van der Waals surface area contributed by atoms with Crippen molar-refractivity contribution in [3.05, 3.63) is 99.2 Å². The smallest absolute Gasteiger partial charge is 0.271 e. The van der Waals surface area contributed by atoms with E-state index in [1.807, 2.05) is 35.2 Å². The van der Waals surface area contributed by atoms with E-state index in [0.717, 1.165) is 18.2 Å². The van der Waals surface area contributed by atoms with Gasteiger partial charge in [0.15, 0.2) is 0 Å². The van der Waals surface area contributed by atoms with Gasteiger partial charge in [-0.15, -0.1) is 0 Å². The summed E-state index contributed by atoms with van der Waals surface area (Å²) in [7, 11) is 0. The summed E-state index contributed by atoms with van der Waals surface area (Å²) in [6.07, 6.45) is 3.44. The first kappa shape index (κ1) is 26.0. The lowest BCUT2D eigenvalue weighted by Crippen LogP contribution is -2.38. The Hall–Kier alpha value is -4.66. The topological polar surface area (TPSA) is 118 Å². The first-order valence-corrected chi connectivity index (χ1v) is 12.9. The van der Waals surface area contributed by atoms with Crippen molar-refractivity contribution in [2.75, 3.05) is 18.4 Å². The SMILES string of the molecule is Cc1cc(C(=O)N2CCC(c3ccc(NC(=O)Cn4ccc5ccc([N+](=O)[O-])cc54)cc3)CC2)cc(C)c1O. The molecule has 1 aliphatic rings. The second-order valence-corrected chi connectivity index (χ2v) is 10.1. The first-order valence-electron chi connectivity index (χ1n) is 12.9. The van der Waals surface area contributed by atoms with E-state index in [4.69, 9.17) is 0 Å². The van der Waals surface area contributed by atoms with E-state index in [-0.39, 0.29) is 29.8 Å². The van der Waals surface area contributed by atoms with E-state index >= 15 is 0 Å². The highest BCUT2D eigenvalue weighted by Gasteiger charge is 2.25. The third-order valence-electron chi connectivity index (χ3n) is 7.47. The zero-order valence-corrected chi connectivity index (χ0v) is 21.9. The van der Waals surface area contributed by atoms with Gasteiger partial charge in [0.1, 0.15) is 12.3 Å². The van der Waals surface area contributed by atoms with Crippen molar-refractivity contribution in [2.24, 2.45) is 0 Å². The number of nitro groups is 1. The number of aromatic hydroxyl groups is 1. The van der Waals surface area contributed by atoms with Crippen LogP contribution in [0.3, 0.4) is 0 Å². The van der Waals surface area contributed by atoms with E-state index in [1.54, 1.807) is 42.8 Å². The van der Waals surface area contributed by atoms with Gasteiger partial charge in [0.2, 0.25) is 5.91 Å². The molecule has 0 saturated carbocycles. The largest absolute Gasteiger partial charge is 0.507 e. The number of rotatable bonds is 6. The summed E-state index contributed by atoms with van der Waals surface area (Å²) in [5.74, 6) is 0.319. The molecule has 0 unspecified atom stereocenters. The number of nitrogens with zero attached hydrogens (tertiary/aromatic N) is 3. The van der Waals surface area contributed by atoms with Crippen LogP contribution in [0.15, 0.2) is 66.9 Å². The molecule has 2 heterocycles. The number of likely N-dealkylation sites (tertiary alicyclic amines) is 1. The van der Waals surface area contributed by atoms with Gasteiger partial charge in [-0.25, -0.2) is 0 Å². The van der Waals surface area contributed by atoms with E-state index < -0.39 is 4.92 Å². The van der Waals surface area contributed by atoms with Crippen LogP contribution in [-0.2, 0) is 11.3 Å². The Morgan fingerprint density at radius 1 is 1.00 bits per heavy atom. The maximum atomic E-state index is 13.0. The van der Waals surface area contributed by atoms with Gasteiger partial charge in [-0.05, 0) is 85.7 Å². The van der Waals surface area contributed by atoms with Gasteiger partial charge in [-0.1, -0.05) is 12.1 Å². The number of phenolic OH excluding ortho intramolecular Hbond substituents is 1. The Bertz CT molecular complexity index is 1540. The number of carbonyl (C=O) groups is 2. The lowest BCUT2D eigenvalue weighted by Gasteiger charge is -2.32. The van der Waals surface area contributed by atoms with Crippen LogP contribution in [0.4, 0.5) is 11.4 Å². The van der Waals surface area contributed by atoms with E-state index in [0.29, 0.717) is 46.9 Å². The fourth-order valence-electron chi connectivity index (χ4n) is 5.30. The highest BCUT2D eigenvalue weighted by Crippen LogP contribution is 2.31. The molecule has 0 radical (unpaired) electrons. The normalized spacial score (nSPS) is 13.9. The van der Waals surface area contributed by atoms with Gasteiger partial charge in [0.25, 0.3) is 11.6 Å². The minimum absolute atomic E-state index is 0.0113. The number of carbonyl (C=O) groups excluding carboxylic acids is 2. The van der Waals surface area contributed by atoms with Crippen LogP contribution in [0, 0.1) is 24.0 Å². The molecule has 2 N–H and O–H groups in total. The van der Waals surface area contributed by atoms with Crippen molar-refractivity contribution in [2.45, 2.75) is 39.2 Å². The molecule has 2 amide bonds. The highest BCUT2D eigenvalue weighted by atomic mass is 16.6. The van der Waals surface area contributed by atoms with Gasteiger partial charge in [-0.3, -0.25) is 19.7 Å². The van der Waals surface area contributed by atoms with Gasteiger partial charge in [0, 0.05) is 48.1 Å².